The number of ether oxygens (including phenoxy) is 2. The Balaban J connectivity index is 2.55. The van der Waals surface area contributed by atoms with Crippen molar-refractivity contribution in [3.05, 3.63) is 29.8 Å². The van der Waals surface area contributed by atoms with Gasteiger partial charge in [0.05, 0.1) is 13.7 Å². The van der Waals surface area contributed by atoms with Crippen molar-refractivity contribution < 1.29 is 19.1 Å². The number of carbonyl (C=O) groups excluding carboxylic acids is 2. The molecular formula is C13H16O4. The summed E-state index contributed by atoms with van der Waals surface area (Å²) in [5.74, 6) is -0.538. The van der Waals surface area contributed by atoms with Gasteiger partial charge in [0.2, 0.25) is 5.78 Å². The molecule has 4 heteroatoms. The lowest BCUT2D eigenvalue weighted by molar-refractivity contribution is -0.153. The first-order chi connectivity index (χ1) is 8.19. The second-order valence-electron chi connectivity index (χ2n) is 3.46. The van der Waals surface area contributed by atoms with E-state index in [1.807, 2.05) is 24.3 Å². The standard InChI is InChI=1S/C13H16O4/c1-3-17-13(15)11(14)9-8-10-6-4-5-7-12(10)16-2/h4-7H,3,8-9H2,1-2H3. The lowest BCUT2D eigenvalue weighted by Crippen LogP contribution is -2.17. The summed E-state index contributed by atoms with van der Waals surface area (Å²) in [5, 5.41) is 0. The van der Waals surface area contributed by atoms with Crippen molar-refractivity contribution >= 4 is 11.8 Å². The van der Waals surface area contributed by atoms with Crippen LogP contribution in [-0.2, 0) is 20.7 Å². The number of hydrogen-bond acceptors (Lipinski definition) is 4. The third-order valence-electron chi connectivity index (χ3n) is 2.32. The summed E-state index contributed by atoms with van der Waals surface area (Å²) in [6.07, 6.45) is 0.612. The summed E-state index contributed by atoms with van der Waals surface area (Å²) >= 11 is 0. The highest BCUT2D eigenvalue weighted by Crippen LogP contribution is 2.18. The zero-order valence-electron chi connectivity index (χ0n) is 10.1. The second-order valence-corrected chi connectivity index (χ2v) is 3.46. The minimum Gasteiger partial charge on any atom is -0.496 e. The molecule has 1 rings (SSSR count). The molecule has 0 N–H and O–H groups in total. The van der Waals surface area contributed by atoms with Crippen LogP contribution in [0.5, 0.6) is 5.75 Å². The van der Waals surface area contributed by atoms with E-state index in [0.717, 1.165) is 11.3 Å². The minimum atomic E-state index is -0.762. The third kappa shape index (κ3) is 3.90. The van der Waals surface area contributed by atoms with Crippen molar-refractivity contribution in [3.8, 4) is 5.75 Å². The number of esters is 1. The minimum absolute atomic E-state index is 0.138. The number of Topliss-reactive ketones (excluding diaryl/α,β-unsaturated/α-hetero) is 1. The van der Waals surface area contributed by atoms with Gasteiger partial charge in [-0.05, 0) is 25.0 Å². The molecule has 0 atom stereocenters. The fourth-order valence-corrected chi connectivity index (χ4v) is 1.47. The molecule has 0 saturated heterocycles. The largest absolute Gasteiger partial charge is 0.496 e. The van der Waals surface area contributed by atoms with E-state index in [1.165, 1.54) is 0 Å². The highest BCUT2D eigenvalue weighted by molar-refractivity contribution is 6.33. The van der Waals surface area contributed by atoms with Gasteiger partial charge in [-0.1, -0.05) is 18.2 Å². The molecule has 0 fully saturated rings. The predicted molar refractivity (Wildman–Crippen MR) is 63.0 cm³/mol. The number of methoxy groups -OCH3 is 1. The molecular weight excluding hydrogens is 220 g/mol. The molecule has 0 saturated carbocycles. The Hall–Kier alpha value is -1.84. The third-order valence-corrected chi connectivity index (χ3v) is 2.32. The first kappa shape index (κ1) is 13.2. The summed E-state index contributed by atoms with van der Waals surface area (Å²) in [6.45, 7) is 1.89. The summed E-state index contributed by atoms with van der Waals surface area (Å²) in [6, 6.07) is 7.42. The normalized spacial score (nSPS) is 9.76. The van der Waals surface area contributed by atoms with Crippen LogP contribution in [0, 0.1) is 0 Å². The van der Waals surface area contributed by atoms with Gasteiger partial charge in [0, 0.05) is 6.42 Å². The van der Waals surface area contributed by atoms with E-state index in [0.29, 0.717) is 6.42 Å². The fraction of sp³-hybridized carbons (Fsp3) is 0.385. The topological polar surface area (TPSA) is 52.6 Å². The molecule has 0 unspecified atom stereocenters. The Morgan fingerprint density at radius 2 is 1.94 bits per heavy atom. The van der Waals surface area contributed by atoms with Crippen molar-refractivity contribution in [2.45, 2.75) is 19.8 Å². The van der Waals surface area contributed by atoms with Crippen LogP contribution >= 0.6 is 0 Å². The monoisotopic (exact) mass is 236 g/mol. The highest BCUT2D eigenvalue weighted by atomic mass is 16.5. The molecule has 0 heterocycles. The average molecular weight is 236 g/mol. The zero-order chi connectivity index (χ0) is 12.7. The van der Waals surface area contributed by atoms with Crippen LogP contribution in [0.1, 0.15) is 18.9 Å². The van der Waals surface area contributed by atoms with E-state index in [9.17, 15) is 9.59 Å². The molecule has 1 aromatic carbocycles. The molecule has 0 aliphatic carbocycles. The molecule has 92 valence electrons. The number of ketones is 1. The molecule has 0 radical (unpaired) electrons. The van der Waals surface area contributed by atoms with E-state index in [-0.39, 0.29) is 13.0 Å². The van der Waals surface area contributed by atoms with Gasteiger partial charge in [-0.2, -0.15) is 0 Å². The molecule has 4 nitrogen and oxygen atoms in total. The van der Waals surface area contributed by atoms with Gasteiger partial charge < -0.3 is 9.47 Å². The van der Waals surface area contributed by atoms with E-state index in [2.05, 4.69) is 4.74 Å². The van der Waals surface area contributed by atoms with Gasteiger partial charge in [-0.3, -0.25) is 4.79 Å². The molecule has 0 aromatic heterocycles. The first-order valence-corrected chi connectivity index (χ1v) is 5.50. The predicted octanol–water partition coefficient (Wildman–Crippen LogP) is 1.76. The number of carbonyl (C=O) groups is 2. The number of para-hydroxylation sites is 1. The molecule has 1 aromatic rings. The Labute approximate surface area is 101 Å². The Bertz CT molecular complexity index is 398. The lowest BCUT2D eigenvalue weighted by Gasteiger charge is -2.07. The van der Waals surface area contributed by atoms with E-state index >= 15 is 0 Å². The molecule has 17 heavy (non-hydrogen) atoms. The summed E-state index contributed by atoms with van der Waals surface area (Å²) in [5.41, 5.74) is 0.910. The van der Waals surface area contributed by atoms with Gasteiger partial charge in [0.15, 0.2) is 0 Å². The van der Waals surface area contributed by atoms with Gasteiger partial charge in [-0.25, -0.2) is 4.79 Å². The van der Waals surface area contributed by atoms with Crippen LogP contribution in [0.25, 0.3) is 0 Å². The van der Waals surface area contributed by atoms with Gasteiger partial charge >= 0.3 is 5.97 Å². The average Bonchev–Trinajstić information content (AvgIpc) is 2.36. The van der Waals surface area contributed by atoms with Crippen LogP contribution in [0.3, 0.4) is 0 Å². The van der Waals surface area contributed by atoms with E-state index in [4.69, 9.17) is 4.74 Å². The summed E-state index contributed by atoms with van der Waals surface area (Å²) in [7, 11) is 1.58. The fourth-order valence-electron chi connectivity index (χ4n) is 1.47. The van der Waals surface area contributed by atoms with Crippen LogP contribution < -0.4 is 4.74 Å². The molecule has 0 aliphatic rings. The van der Waals surface area contributed by atoms with Gasteiger partial charge in [0.1, 0.15) is 5.75 Å². The zero-order valence-corrected chi connectivity index (χ0v) is 10.1. The van der Waals surface area contributed by atoms with Crippen molar-refractivity contribution in [1.82, 2.24) is 0 Å². The summed E-state index contributed by atoms with van der Waals surface area (Å²) < 4.78 is 9.79. The number of benzene rings is 1. The van der Waals surface area contributed by atoms with E-state index < -0.39 is 11.8 Å². The van der Waals surface area contributed by atoms with Crippen molar-refractivity contribution in [1.29, 1.82) is 0 Å². The van der Waals surface area contributed by atoms with Gasteiger partial charge in [0.25, 0.3) is 0 Å². The lowest BCUT2D eigenvalue weighted by atomic mass is 10.1. The van der Waals surface area contributed by atoms with Crippen LogP contribution in [-0.4, -0.2) is 25.5 Å². The Morgan fingerprint density at radius 1 is 1.24 bits per heavy atom. The molecule has 0 amide bonds. The smallest absolute Gasteiger partial charge is 0.374 e. The molecule has 0 spiro atoms. The number of hydrogen-bond donors (Lipinski definition) is 0. The van der Waals surface area contributed by atoms with Crippen molar-refractivity contribution in [2.24, 2.45) is 0 Å². The molecule has 0 bridgehead atoms. The van der Waals surface area contributed by atoms with E-state index in [1.54, 1.807) is 14.0 Å². The number of rotatable bonds is 6. The molecule has 0 aliphatic heterocycles. The maximum absolute atomic E-state index is 11.4. The van der Waals surface area contributed by atoms with Crippen LogP contribution in [0.4, 0.5) is 0 Å². The quantitative estimate of drug-likeness (QED) is 0.558. The maximum Gasteiger partial charge on any atom is 0.374 e. The van der Waals surface area contributed by atoms with Crippen molar-refractivity contribution in [3.63, 3.8) is 0 Å². The van der Waals surface area contributed by atoms with Gasteiger partial charge in [-0.15, -0.1) is 0 Å². The van der Waals surface area contributed by atoms with Crippen LogP contribution in [0.15, 0.2) is 24.3 Å². The SMILES string of the molecule is CCOC(=O)C(=O)CCc1ccccc1OC. The first-order valence-electron chi connectivity index (χ1n) is 5.50. The second kappa shape index (κ2) is 6.68. The number of aryl methyl sites for hydroxylation is 1. The van der Waals surface area contributed by atoms with Crippen LogP contribution in [0.2, 0.25) is 0 Å². The van der Waals surface area contributed by atoms with Crippen molar-refractivity contribution in [2.75, 3.05) is 13.7 Å². The Morgan fingerprint density at radius 3 is 2.59 bits per heavy atom. The Kier molecular flexibility index (Phi) is 5.20. The summed E-state index contributed by atoms with van der Waals surface area (Å²) in [4.78, 5) is 22.5. The highest BCUT2D eigenvalue weighted by Gasteiger charge is 2.15. The maximum atomic E-state index is 11.4.